The third kappa shape index (κ3) is 2.15. The summed E-state index contributed by atoms with van der Waals surface area (Å²) in [6, 6.07) is 4.35. The number of piperazine rings is 1. The molecule has 106 valence electrons. The number of hydrogen-bond acceptors (Lipinski definition) is 2. The highest BCUT2D eigenvalue weighted by Gasteiger charge is 2.37. The van der Waals surface area contributed by atoms with Crippen LogP contribution in [-0.4, -0.2) is 54.0 Å². The van der Waals surface area contributed by atoms with Gasteiger partial charge in [0.15, 0.2) is 0 Å². The minimum Gasteiger partial charge on any atom is -0.336 e. The van der Waals surface area contributed by atoms with Gasteiger partial charge in [-0.15, -0.1) is 0 Å². The van der Waals surface area contributed by atoms with Gasteiger partial charge in [0, 0.05) is 26.2 Å². The number of halogens is 2. The molecule has 7 heteroatoms. The van der Waals surface area contributed by atoms with Crippen LogP contribution in [0.4, 0.5) is 9.18 Å². The summed E-state index contributed by atoms with van der Waals surface area (Å²) in [6.07, 6.45) is 0. The third-order valence-electron chi connectivity index (χ3n) is 3.70. The first-order valence-electron chi connectivity index (χ1n) is 6.35. The van der Waals surface area contributed by atoms with Gasteiger partial charge >= 0.3 is 6.03 Å². The van der Waals surface area contributed by atoms with Crippen molar-refractivity contribution in [3.63, 3.8) is 0 Å². The highest BCUT2D eigenvalue weighted by molar-refractivity contribution is 9.10. The smallest absolute Gasteiger partial charge is 0.317 e. The maximum atomic E-state index is 13.5. The first-order chi connectivity index (χ1) is 9.58. The van der Waals surface area contributed by atoms with Gasteiger partial charge in [-0.2, -0.15) is 0 Å². The molecular formula is C13H13BrFN3O2. The summed E-state index contributed by atoms with van der Waals surface area (Å²) in [6.45, 7) is 1.99. The summed E-state index contributed by atoms with van der Waals surface area (Å²) in [4.78, 5) is 27.4. The molecule has 2 aliphatic heterocycles. The summed E-state index contributed by atoms with van der Waals surface area (Å²) < 4.78 is 13.7. The molecule has 0 bridgehead atoms. The molecule has 0 spiro atoms. The fourth-order valence-electron chi connectivity index (χ4n) is 2.63. The first kappa shape index (κ1) is 13.4. The van der Waals surface area contributed by atoms with E-state index in [1.165, 1.54) is 12.1 Å². The molecule has 2 aliphatic rings. The zero-order chi connectivity index (χ0) is 14.3. The van der Waals surface area contributed by atoms with Crippen molar-refractivity contribution < 1.29 is 14.0 Å². The molecule has 2 saturated heterocycles. The number of urea groups is 1. The second-order valence-corrected chi connectivity index (χ2v) is 5.68. The van der Waals surface area contributed by atoms with Gasteiger partial charge in [0.05, 0.1) is 16.1 Å². The number of rotatable bonds is 1. The molecule has 1 unspecified atom stereocenters. The molecule has 3 amide bonds. The number of nitrogens with one attached hydrogen (secondary N) is 1. The van der Waals surface area contributed by atoms with E-state index in [1.807, 2.05) is 0 Å². The molecule has 2 fully saturated rings. The van der Waals surface area contributed by atoms with E-state index in [9.17, 15) is 14.0 Å². The molecule has 5 nitrogen and oxygen atoms in total. The maximum absolute atomic E-state index is 13.5. The molecule has 0 radical (unpaired) electrons. The monoisotopic (exact) mass is 341 g/mol. The average molecular weight is 342 g/mol. The van der Waals surface area contributed by atoms with Gasteiger partial charge in [-0.05, 0) is 28.1 Å². The standard InChI is InChI=1S/C13H13BrFN3O2/c14-11-9(2-1-3-10(11)15)12(19)17-4-5-18-8(7-17)6-16-13(18)20/h1-3,8H,4-7H2,(H,16,20). The van der Waals surface area contributed by atoms with Gasteiger partial charge in [-0.1, -0.05) is 6.07 Å². The minimum atomic E-state index is -0.452. The molecule has 2 heterocycles. The van der Waals surface area contributed by atoms with E-state index in [2.05, 4.69) is 21.2 Å². The van der Waals surface area contributed by atoms with Crippen LogP contribution >= 0.6 is 15.9 Å². The van der Waals surface area contributed by atoms with Crippen molar-refractivity contribution in [3.8, 4) is 0 Å². The van der Waals surface area contributed by atoms with Crippen LogP contribution in [0.25, 0.3) is 0 Å². The Morgan fingerprint density at radius 3 is 3.00 bits per heavy atom. The number of carbonyl (C=O) groups is 2. The summed E-state index contributed by atoms with van der Waals surface area (Å²) in [5.41, 5.74) is 0.315. The number of nitrogens with zero attached hydrogens (tertiary/aromatic N) is 2. The fraction of sp³-hybridized carbons (Fsp3) is 0.385. The van der Waals surface area contributed by atoms with Crippen LogP contribution in [0, 0.1) is 5.82 Å². The van der Waals surface area contributed by atoms with Crippen molar-refractivity contribution in [1.29, 1.82) is 0 Å². The Labute approximate surface area is 123 Å². The van der Waals surface area contributed by atoms with Crippen molar-refractivity contribution in [2.45, 2.75) is 6.04 Å². The summed E-state index contributed by atoms with van der Waals surface area (Å²) >= 11 is 3.11. The summed E-state index contributed by atoms with van der Waals surface area (Å²) in [5.74, 6) is -0.664. The predicted molar refractivity (Wildman–Crippen MR) is 73.9 cm³/mol. The number of amides is 3. The Hall–Kier alpha value is -1.63. The minimum absolute atomic E-state index is 0.00698. The van der Waals surface area contributed by atoms with E-state index in [-0.39, 0.29) is 22.5 Å². The fourth-order valence-corrected chi connectivity index (χ4v) is 3.06. The Balaban J connectivity index is 1.79. The van der Waals surface area contributed by atoms with E-state index < -0.39 is 5.82 Å². The van der Waals surface area contributed by atoms with Gasteiger partial charge < -0.3 is 15.1 Å². The van der Waals surface area contributed by atoms with Gasteiger partial charge in [0.2, 0.25) is 0 Å². The molecule has 0 saturated carbocycles. The van der Waals surface area contributed by atoms with Crippen molar-refractivity contribution in [3.05, 3.63) is 34.1 Å². The summed E-state index contributed by atoms with van der Waals surface area (Å²) in [5, 5.41) is 2.76. The average Bonchev–Trinajstić information content (AvgIpc) is 2.82. The van der Waals surface area contributed by atoms with E-state index in [4.69, 9.17) is 0 Å². The van der Waals surface area contributed by atoms with Crippen LogP contribution in [0.2, 0.25) is 0 Å². The number of fused-ring (bicyclic) bond motifs is 1. The van der Waals surface area contributed by atoms with Gasteiger partial charge in [0.25, 0.3) is 5.91 Å². The van der Waals surface area contributed by atoms with Crippen molar-refractivity contribution in [1.82, 2.24) is 15.1 Å². The predicted octanol–water partition coefficient (Wildman–Crippen LogP) is 1.44. The lowest BCUT2D eigenvalue weighted by Crippen LogP contribution is -2.53. The lowest BCUT2D eigenvalue weighted by molar-refractivity contribution is 0.0615. The van der Waals surface area contributed by atoms with Crippen LogP contribution < -0.4 is 5.32 Å². The quantitative estimate of drug-likeness (QED) is 0.840. The van der Waals surface area contributed by atoms with Crippen molar-refractivity contribution in [2.75, 3.05) is 26.2 Å². The largest absolute Gasteiger partial charge is 0.336 e. The molecule has 1 aromatic rings. The zero-order valence-corrected chi connectivity index (χ0v) is 12.2. The third-order valence-corrected chi connectivity index (χ3v) is 4.51. The SMILES string of the molecule is O=C(c1cccc(F)c1Br)N1CCN2C(=O)NCC2C1. The van der Waals surface area contributed by atoms with Crippen LogP contribution in [0.5, 0.6) is 0 Å². The Morgan fingerprint density at radius 2 is 2.20 bits per heavy atom. The second-order valence-electron chi connectivity index (χ2n) is 4.89. The number of hydrogen-bond donors (Lipinski definition) is 1. The highest BCUT2D eigenvalue weighted by Crippen LogP contribution is 2.23. The summed E-state index contributed by atoms with van der Waals surface area (Å²) in [7, 11) is 0. The molecule has 3 rings (SSSR count). The van der Waals surface area contributed by atoms with Gasteiger partial charge in [-0.3, -0.25) is 4.79 Å². The lowest BCUT2D eigenvalue weighted by atomic mass is 10.1. The number of carbonyl (C=O) groups excluding carboxylic acids is 2. The molecule has 0 aromatic heterocycles. The first-order valence-corrected chi connectivity index (χ1v) is 7.15. The number of benzene rings is 1. The second kappa shape index (κ2) is 5.05. The van der Waals surface area contributed by atoms with Crippen molar-refractivity contribution >= 4 is 27.9 Å². The van der Waals surface area contributed by atoms with Crippen molar-refractivity contribution in [2.24, 2.45) is 0 Å². The molecule has 0 aliphatic carbocycles. The van der Waals surface area contributed by atoms with Crippen LogP contribution in [0.1, 0.15) is 10.4 Å². The Morgan fingerprint density at radius 1 is 1.40 bits per heavy atom. The van der Waals surface area contributed by atoms with Crippen LogP contribution in [0.3, 0.4) is 0 Å². The Bertz CT molecular complexity index is 581. The molecule has 1 atom stereocenters. The topological polar surface area (TPSA) is 52.7 Å². The van der Waals surface area contributed by atoms with E-state index in [0.717, 1.165) is 0 Å². The van der Waals surface area contributed by atoms with E-state index in [1.54, 1.807) is 15.9 Å². The highest BCUT2D eigenvalue weighted by atomic mass is 79.9. The molecule has 1 N–H and O–H groups in total. The molecule has 20 heavy (non-hydrogen) atoms. The van der Waals surface area contributed by atoms with Gasteiger partial charge in [0.1, 0.15) is 5.82 Å². The molecular weight excluding hydrogens is 329 g/mol. The maximum Gasteiger partial charge on any atom is 0.317 e. The van der Waals surface area contributed by atoms with E-state index in [0.29, 0.717) is 31.7 Å². The zero-order valence-electron chi connectivity index (χ0n) is 10.6. The van der Waals surface area contributed by atoms with Gasteiger partial charge in [-0.25, -0.2) is 9.18 Å². The van der Waals surface area contributed by atoms with E-state index >= 15 is 0 Å². The normalized spacial score (nSPS) is 21.7. The van der Waals surface area contributed by atoms with Crippen LogP contribution in [-0.2, 0) is 0 Å². The van der Waals surface area contributed by atoms with Crippen LogP contribution in [0.15, 0.2) is 22.7 Å². The Kier molecular flexibility index (Phi) is 3.37. The lowest BCUT2D eigenvalue weighted by Gasteiger charge is -2.36. The molecule has 1 aromatic carbocycles.